The van der Waals surface area contributed by atoms with Crippen LogP contribution in [-0.2, 0) is 41.8 Å². The van der Waals surface area contributed by atoms with E-state index in [1.807, 2.05) is 49.5 Å². The molecule has 1 fully saturated rings. The normalized spacial score (nSPS) is 22.5. The van der Waals surface area contributed by atoms with Crippen molar-refractivity contribution < 1.29 is 82.0 Å². The Balaban J connectivity index is 2.66. The van der Waals surface area contributed by atoms with Crippen LogP contribution in [0.4, 0.5) is 0 Å². The minimum atomic E-state index is -5.39. The molecule has 1 aliphatic rings. The third kappa shape index (κ3) is 33.9. The Morgan fingerprint density at radius 2 is 1.00 bits per heavy atom. The van der Waals surface area contributed by atoms with Crippen LogP contribution in [0.3, 0.4) is 0 Å². The van der Waals surface area contributed by atoms with E-state index in [0.29, 0.717) is 38.5 Å². The zero-order valence-electron chi connectivity index (χ0n) is 40.7. The number of aliphatic hydroxyl groups is 5. The highest BCUT2D eigenvalue weighted by Gasteiger charge is 2.54. The molecule has 0 aliphatic heterocycles. The maximum absolute atomic E-state index is 13.0. The number of hydrogen-bond donors (Lipinski definition) is 8. The molecule has 396 valence electrons. The molecule has 0 radical (unpaired) electrons. The van der Waals surface area contributed by atoms with Gasteiger partial charge in [0.15, 0.2) is 6.10 Å². The number of carbonyl (C=O) groups excluding carboxylic acids is 2. The molecule has 1 saturated carbocycles. The van der Waals surface area contributed by atoms with E-state index < -0.39 is 89.6 Å². The third-order valence-corrected chi connectivity index (χ3v) is 11.7. The highest BCUT2D eigenvalue weighted by Crippen LogP contribution is 2.49. The number of unbranched alkanes of at least 4 members (excludes halogenated alkanes) is 4. The van der Waals surface area contributed by atoms with Gasteiger partial charge in [0, 0.05) is 12.8 Å². The van der Waals surface area contributed by atoms with Crippen molar-refractivity contribution in [3.05, 3.63) is 122 Å². The second kappa shape index (κ2) is 39.9. The molecule has 0 spiro atoms. The second-order valence-corrected chi connectivity index (χ2v) is 18.9. The Bertz CT molecular complexity index is 1830. The molecule has 1 aliphatic carbocycles. The lowest BCUT2D eigenvalue weighted by atomic mass is 9.85. The van der Waals surface area contributed by atoms with E-state index in [1.165, 1.54) is 0 Å². The summed E-state index contributed by atoms with van der Waals surface area (Å²) >= 11 is 0. The fourth-order valence-corrected chi connectivity index (χ4v) is 7.87. The molecular formula is C51H80O17P2. The van der Waals surface area contributed by atoms with E-state index in [-0.39, 0.29) is 12.8 Å². The van der Waals surface area contributed by atoms with Gasteiger partial charge in [0.05, 0.1) is 12.7 Å². The number of allylic oxidation sites excluding steroid dienone is 19. The molecular weight excluding hydrogens is 946 g/mol. The zero-order valence-corrected chi connectivity index (χ0v) is 42.5. The van der Waals surface area contributed by atoms with Crippen LogP contribution in [0.5, 0.6) is 0 Å². The van der Waals surface area contributed by atoms with E-state index >= 15 is 0 Å². The minimum absolute atomic E-state index is 0.0128. The monoisotopic (exact) mass is 1030 g/mol. The maximum atomic E-state index is 13.0. The van der Waals surface area contributed by atoms with Crippen molar-refractivity contribution in [3.63, 3.8) is 0 Å². The molecule has 0 aromatic heterocycles. The number of phosphoric acid groups is 2. The molecule has 0 aromatic carbocycles. The lowest BCUT2D eigenvalue weighted by molar-refractivity contribution is -0.216. The summed E-state index contributed by atoms with van der Waals surface area (Å²) in [7, 11) is -10.7. The first-order valence-electron chi connectivity index (χ1n) is 24.2. The number of esters is 2. The van der Waals surface area contributed by atoms with Crippen molar-refractivity contribution in [2.24, 2.45) is 0 Å². The van der Waals surface area contributed by atoms with Gasteiger partial charge in [0.2, 0.25) is 0 Å². The summed E-state index contributed by atoms with van der Waals surface area (Å²) in [6, 6.07) is 0. The van der Waals surface area contributed by atoms with E-state index in [4.69, 9.17) is 18.5 Å². The summed E-state index contributed by atoms with van der Waals surface area (Å²) in [6.45, 7) is 2.58. The van der Waals surface area contributed by atoms with Crippen molar-refractivity contribution in [1.82, 2.24) is 0 Å². The Morgan fingerprint density at radius 3 is 1.51 bits per heavy atom. The largest absolute Gasteiger partial charge is 0.472 e. The zero-order chi connectivity index (χ0) is 51.9. The molecule has 0 heterocycles. The first-order chi connectivity index (χ1) is 33.5. The molecule has 9 atom stereocenters. The summed E-state index contributed by atoms with van der Waals surface area (Å²) < 4.78 is 49.3. The van der Waals surface area contributed by atoms with Crippen LogP contribution >= 0.6 is 15.6 Å². The van der Waals surface area contributed by atoms with Crippen molar-refractivity contribution in [3.8, 4) is 0 Å². The predicted octanol–water partition coefficient (Wildman–Crippen LogP) is 8.47. The third-order valence-electron chi connectivity index (χ3n) is 10.2. The summed E-state index contributed by atoms with van der Waals surface area (Å²) in [5, 5.41) is 50.8. The minimum Gasteiger partial charge on any atom is -0.462 e. The lowest BCUT2D eigenvalue weighted by Crippen LogP contribution is -2.64. The topological polar surface area (TPSA) is 276 Å². The maximum Gasteiger partial charge on any atom is 0.472 e. The first-order valence-corrected chi connectivity index (χ1v) is 27.2. The summed E-state index contributed by atoms with van der Waals surface area (Å²) in [5.74, 6) is -1.34. The van der Waals surface area contributed by atoms with Crippen LogP contribution in [0.1, 0.15) is 123 Å². The van der Waals surface area contributed by atoms with Gasteiger partial charge in [-0.3, -0.25) is 23.2 Å². The van der Waals surface area contributed by atoms with Crippen LogP contribution < -0.4 is 0 Å². The van der Waals surface area contributed by atoms with E-state index in [1.54, 1.807) is 6.08 Å². The smallest absolute Gasteiger partial charge is 0.462 e. The van der Waals surface area contributed by atoms with Crippen LogP contribution in [0.25, 0.3) is 0 Å². The molecule has 0 saturated heterocycles. The summed E-state index contributed by atoms with van der Waals surface area (Å²) in [5.41, 5.74) is 0. The number of carbonyl (C=O) groups is 2. The first kappa shape index (κ1) is 64.4. The number of hydrogen-bond acceptors (Lipinski definition) is 14. The molecule has 0 amide bonds. The van der Waals surface area contributed by atoms with Gasteiger partial charge >= 0.3 is 27.6 Å². The SMILES string of the molecule is CC/C=C\C/C=C\C/C=C\C/C=C\C/C=C\CCCCCC(=O)O[C@H](COC(=O)CCC/C=C\C/C=C\C/C=C\C/C=C\C=C\[C@@H](O)CC)COP(=O)(O)O[C@H]1C(O)C(O)C(O)[C@@H](OP(=O)(O)O)C1O. The van der Waals surface area contributed by atoms with Crippen molar-refractivity contribution in [2.45, 2.75) is 172 Å². The predicted molar refractivity (Wildman–Crippen MR) is 270 cm³/mol. The van der Waals surface area contributed by atoms with E-state index in [2.05, 4.69) is 84.4 Å². The standard InChI is InChI=1S/C51H80O17P2/c1-3-5-6-7-8-9-10-11-12-13-14-15-16-21-24-27-30-33-36-39-45(54)66-43(41-65-70(62,63)68-51-48(57)46(55)47(56)50(49(51)58)67-69(59,60)61)40-64-44(53)38-35-32-29-26-23-20-18-17-19-22-25-28-31-34-37-42(52)4-2/h5-6,8-9,11-12,14-15,18-22,24,26,28-29,31,34,37,42-43,46-52,55-58H,3-4,7,10,13,16-17,23,25,27,30,32-33,35-36,38-41H2,1-2H3,(H,62,63)(H2,59,60,61)/b6-5-,9-8-,12-11-,15-14-,20-18-,22-19-,24-21-,29-26-,31-28-,37-34+/t42-,43+,46?,47?,48?,49?,50+,51-/m0/s1. The van der Waals surface area contributed by atoms with Crippen LogP contribution in [-0.4, -0.2) is 114 Å². The highest BCUT2D eigenvalue weighted by atomic mass is 31.2. The fourth-order valence-electron chi connectivity index (χ4n) is 6.33. The van der Waals surface area contributed by atoms with E-state index in [0.717, 1.165) is 57.8 Å². The molecule has 19 heteroatoms. The van der Waals surface area contributed by atoms with Gasteiger partial charge < -0.3 is 49.7 Å². The molecule has 1 rings (SSSR count). The molecule has 5 unspecified atom stereocenters. The van der Waals surface area contributed by atoms with Gasteiger partial charge in [-0.05, 0) is 89.9 Å². The Kier molecular flexibility index (Phi) is 36.7. The highest BCUT2D eigenvalue weighted by molar-refractivity contribution is 7.47. The number of phosphoric ester groups is 2. The fraction of sp³-hybridized carbons (Fsp3) is 0.569. The van der Waals surface area contributed by atoms with Gasteiger partial charge in [0.25, 0.3) is 0 Å². The number of rotatable bonds is 38. The second-order valence-electron chi connectivity index (χ2n) is 16.3. The van der Waals surface area contributed by atoms with Gasteiger partial charge in [0.1, 0.15) is 43.2 Å². The summed E-state index contributed by atoms with van der Waals surface area (Å²) in [4.78, 5) is 54.3. The number of aliphatic hydroxyl groups excluding tert-OH is 5. The van der Waals surface area contributed by atoms with Gasteiger partial charge in [-0.25, -0.2) is 9.13 Å². The van der Waals surface area contributed by atoms with Crippen molar-refractivity contribution in [2.75, 3.05) is 13.2 Å². The summed E-state index contributed by atoms with van der Waals surface area (Å²) in [6.07, 6.45) is 36.7. The van der Waals surface area contributed by atoms with Crippen LogP contribution in [0, 0.1) is 0 Å². The van der Waals surface area contributed by atoms with Gasteiger partial charge in [-0.15, -0.1) is 0 Å². The molecule has 0 bridgehead atoms. The Morgan fingerprint density at radius 1 is 0.529 bits per heavy atom. The van der Waals surface area contributed by atoms with Gasteiger partial charge in [-0.1, -0.05) is 142 Å². The van der Waals surface area contributed by atoms with Crippen LogP contribution in [0.15, 0.2) is 122 Å². The molecule has 0 aromatic rings. The molecule has 8 N–H and O–H groups in total. The Hall–Kier alpha value is -3.64. The molecule has 70 heavy (non-hydrogen) atoms. The average molecular weight is 1030 g/mol. The number of ether oxygens (including phenoxy) is 2. The lowest BCUT2D eigenvalue weighted by Gasteiger charge is -2.43. The van der Waals surface area contributed by atoms with E-state index in [9.17, 15) is 58.9 Å². The van der Waals surface area contributed by atoms with Crippen molar-refractivity contribution >= 4 is 27.6 Å². The van der Waals surface area contributed by atoms with Gasteiger partial charge in [-0.2, -0.15) is 0 Å². The average Bonchev–Trinajstić information content (AvgIpc) is 3.32. The Labute approximate surface area is 414 Å². The van der Waals surface area contributed by atoms with Crippen molar-refractivity contribution in [1.29, 1.82) is 0 Å². The quantitative estimate of drug-likeness (QED) is 0.00946. The molecule has 17 nitrogen and oxygen atoms in total. The van der Waals surface area contributed by atoms with Crippen LogP contribution in [0.2, 0.25) is 0 Å².